The van der Waals surface area contributed by atoms with Crippen LogP contribution in [0.15, 0.2) is 0 Å². The second-order valence-corrected chi connectivity index (χ2v) is 6.89. The van der Waals surface area contributed by atoms with Crippen LogP contribution in [0.4, 0.5) is 0 Å². The molecule has 1 saturated carbocycles. The molecule has 0 bridgehead atoms. The van der Waals surface area contributed by atoms with Gasteiger partial charge in [-0.2, -0.15) is 0 Å². The van der Waals surface area contributed by atoms with Gasteiger partial charge >= 0.3 is 0 Å². The molecule has 1 heterocycles. The first kappa shape index (κ1) is 12.4. The van der Waals surface area contributed by atoms with E-state index in [4.69, 9.17) is 5.73 Å². The standard InChI is InChI=1S/C14H28N2/c1-11-7-12(2)9-16(8-11)14(4,10-15)13(3)5-6-13/h11-12H,5-10,15H2,1-4H3. The van der Waals surface area contributed by atoms with Crippen LogP contribution in [0.5, 0.6) is 0 Å². The van der Waals surface area contributed by atoms with Crippen molar-refractivity contribution in [1.82, 2.24) is 4.90 Å². The van der Waals surface area contributed by atoms with Gasteiger partial charge in [-0.3, -0.25) is 4.90 Å². The molecule has 0 aromatic rings. The highest BCUT2D eigenvalue weighted by Gasteiger charge is 2.55. The van der Waals surface area contributed by atoms with E-state index >= 15 is 0 Å². The van der Waals surface area contributed by atoms with E-state index in [-0.39, 0.29) is 5.54 Å². The molecule has 0 aromatic heterocycles. The summed E-state index contributed by atoms with van der Waals surface area (Å²) < 4.78 is 0. The molecule has 2 aliphatic rings. The Balaban J connectivity index is 2.14. The van der Waals surface area contributed by atoms with Gasteiger partial charge < -0.3 is 5.73 Å². The van der Waals surface area contributed by atoms with Crippen LogP contribution in [0.25, 0.3) is 0 Å². The number of nitrogens with zero attached hydrogens (tertiary/aromatic N) is 1. The maximum Gasteiger partial charge on any atom is 0.0357 e. The summed E-state index contributed by atoms with van der Waals surface area (Å²) in [7, 11) is 0. The molecule has 3 unspecified atom stereocenters. The second kappa shape index (κ2) is 3.99. The van der Waals surface area contributed by atoms with Crippen molar-refractivity contribution in [2.75, 3.05) is 19.6 Å². The van der Waals surface area contributed by atoms with Crippen molar-refractivity contribution in [3.8, 4) is 0 Å². The number of rotatable bonds is 3. The molecule has 2 N–H and O–H groups in total. The maximum absolute atomic E-state index is 6.11. The van der Waals surface area contributed by atoms with E-state index in [0.717, 1.165) is 18.4 Å². The summed E-state index contributed by atoms with van der Waals surface area (Å²) in [5.41, 5.74) is 6.83. The van der Waals surface area contributed by atoms with Crippen molar-refractivity contribution in [3.63, 3.8) is 0 Å². The van der Waals surface area contributed by atoms with Crippen LogP contribution in [0.1, 0.15) is 47.0 Å². The van der Waals surface area contributed by atoms with Crippen molar-refractivity contribution >= 4 is 0 Å². The van der Waals surface area contributed by atoms with Crippen LogP contribution in [-0.4, -0.2) is 30.1 Å². The third-order valence-electron chi connectivity index (χ3n) is 5.26. The van der Waals surface area contributed by atoms with Gasteiger partial charge in [0.25, 0.3) is 0 Å². The molecule has 2 heteroatoms. The van der Waals surface area contributed by atoms with E-state index in [2.05, 4.69) is 32.6 Å². The smallest absolute Gasteiger partial charge is 0.0357 e. The van der Waals surface area contributed by atoms with Gasteiger partial charge in [0, 0.05) is 25.2 Å². The number of likely N-dealkylation sites (tertiary alicyclic amines) is 1. The van der Waals surface area contributed by atoms with Crippen LogP contribution in [0.2, 0.25) is 0 Å². The second-order valence-electron chi connectivity index (χ2n) is 6.89. The highest BCUT2D eigenvalue weighted by Crippen LogP contribution is 2.56. The minimum absolute atomic E-state index is 0.232. The van der Waals surface area contributed by atoms with Crippen molar-refractivity contribution in [1.29, 1.82) is 0 Å². The molecule has 1 aliphatic heterocycles. The molecule has 94 valence electrons. The van der Waals surface area contributed by atoms with E-state index in [1.54, 1.807) is 0 Å². The van der Waals surface area contributed by atoms with Crippen LogP contribution < -0.4 is 5.73 Å². The fourth-order valence-electron chi connectivity index (χ4n) is 3.55. The summed E-state index contributed by atoms with van der Waals surface area (Å²) in [6.07, 6.45) is 4.10. The molecule has 3 atom stereocenters. The Kier molecular flexibility index (Phi) is 3.09. The van der Waals surface area contributed by atoms with E-state index < -0.39 is 0 Å². The highest BCUT2D eigenvalue weighted by atomic mass is 15.2. The van der Waals surface area contributed by atoms with Crippen molar-refractivity contribution in [2.45, 2.75) is 52.5 Å². The lowest BCUT2D eigenvalue weighted by molar-refractivity contribution is -0.00257. The van der Waals surface area contributed by atoms with Crippen molar-refractivity contribution < 1.29 is 0 Å². The summed E-state index contributed by atoms with van der Waals surface area (Å²) in [6, 6.07) is 0. The Hall–Kier alpha value is -0.0800. The van der Waals surface area contributed by atoms with Gasteiger partial charge in [0.15, 0.2) is 0 Å². The average Bonchev–Trinajstić information content (AvgIpc) is 2.95. The van der Waals surface area contributed by atoms with Crippen molar-refractivity contribution in [2.24, 2.45) is 23.0 Å². The highest BCUT2D eigenvalue weighted by molar-refractivity contribution is 5.10. The molecule has 16 heavy (non-hydrogen) atoms. The fourth-order valence-corrected chi connectivity index (χ4v) is 3.55. The minimum Gasteiger partial charge on any atom is -0.329 e. The van der Waals surface area contributed by atoms with Crippen LogP contribution in [-0.2, 0) is 0 Å². The Morgan fingerprint density at radius 2 is 1.75 bits per heavy atom. The molecule has 1 saturated heterocycles. The third kappa shape index (κ3) is 1.91. The predicted molar refractivity (Wildman–Crippen MR) is 69.3 cm³/mol. The van der Waals surface area contributed by atoms with Crippen LogP contribution in [0.3, 0.4) is 0 Å². The van der Waals surface area contributed by atoms with E-state index in [9.17, 15) is 0 Å². The minimum atomic E-state index is 0.232. The zero-order chi connectivity index (χ0) is 12.0. The summed E-state index contributed by atoms with van der Waals surface area (Å²) >= 11 is 0. The monoisotopic (exact) mass is 224 g/mol. The summed E-state index contributed by atoms with van der Waals surface area (Å²) in [5, 5.41) is 0. The lowest BCUT2D eigenvalue weighted by atomic mass is 9.78. The van der Waals surface area contributed by atoms with Gasteiger partial charge in [-0.1, -0.05) is 20.8 Å². The molecule has 1 aliphatic carbocycles. The van der Waals surface area contributed by atoms with E-state index in [1.165, 1.54) is 32.4 Å². The number of hydrogen-bond acceptors (Lipinski definition) is 2. The molecule has 0 spiro atoms. The molecular weight excluding hydrogens is 196 g/mol. The largest absolute Gasteiger partial charge is 0.329 e. The first-order valence-electron chi connectivity index (χ1n) is 6.86. The van der Waals surface area contributed by atoms with Gasteiger partial charge in [0.2, 0.25) is 0 Å². The molecule has 0 aromatic carbocycles. The van der Waals surface area contributed by atoms with Crippen molar-refractivity contribution in [3.05, 3.63) is 0 Å². The van der Waals surface area contributed by atoms with E-state index in [1.807, 2.05) is 0 Å². The summed E-state index contributed by atoms with van der Waals surface area (Å²) in [6.45, 7) is 12.9. The zero-order valence-electron chi connectivity index (χ0n) is 11.4. The Morgan fingerprint density at radius 1 is 1.25 bits per heavy atom. The maximum atomic E-state index is 6.11. The van der Waals surface area contributed by atoms with Gasteiger partial charge in [-0.25, -0.2) is 0 Å². The Morgan fingerprint density at radius 3 is 2.12 bits per heavy atom. The fraction of sp³-hybridized carbons (Fsp3) is 1.00. The summed E-state index contributed by atoms with van der Waals surface area (Å²) in [5.74, 6) is 1.66. The average molecular weight is 224 g/mol. The molecule has 2 fully saturated rings. The first-order chi connectivity index (χ1) is 7.41. The van der Waals surface area contributed by atoms with Crippen LogP contribution in [0, 0.1) is 17.3 Å². The zero-order valence-corrected chi connectivity index (χ0v) is 11.4. The Bertz CT molecular complexity index is 249. The lowest BCUT2D eigenvalue weighted by Crippen LogP contribution is -2.60. The first-order valence-corrected chi connectivity index (χ1v) is 6.86. The molecule has 2 rings (SSSR count). The van der Waals surface area contributed by atoms with Gasteiger partial charge in [0.1, 0.15) is 0 Å². The molecular formula is C14H28N2. The van der Waals surface area contributed by atoms with Gasteiger partial charge in [-0.15, -0.1) is 0 Å². The quantitative estimate of drug-likeness (QED) is 0.798. The van der Waals surface area contributed by atoms with Gasteiger partial charge in [0.05, 0.1) is 0 Å². The number of nitrogens with two attached hydrogens (primary N) is 1. The lowest BCUT2D eigenvalue weighted by Gasteiger charge is -2.50. The molecule has 2 nitrogen and oxygen atoms in total. The number of piperidine rings is 1. The number of hydrogen-bond donors (Lipinski definition) is 1. The molecule has 0 radical (unpaired) electrons. The molecule has 0 amide bonds. The predicted octanol–water partition coefficient (Wildman–Crippen LogP) is 2.48. The van der Waals surface area contributed by atoms with E-state index in [0.29, 0.717) is 5.41 Å². The van der Waals surface area contributed by atoms with Crippen LogP contribution >= 0.6 is 0 Å². The SMILES string of the molecule is CC1CC(C)CN(C(C)(CN)C2(C)CC2)C1. The summed E-state index contributed by atoms with van der Waals surface area (Å²) in [4.78, 5) is 2.69. The van der Waals surface area contributed by atoms with Gasteiger partial charge in [-0.05, 0) is 43.4 Å². The third-order valence-corrected chi connectivity index (χ3v) is 5.26. The Labute approximate surface area is 101 Å². The topological polar surface area (TPSA) is 29.3 Å². The normalized spacial score (nSPS) is 38.1.